The Bertz CT molecular complexity index is 654. The molecule has 6 nitrogen and oxygen atoms in total. The smallest absolute Gasteiger partial charge is 0.253 e. The van der Waals surface area contributed by atoms with Gasteiger partial charge in [0.2, 0.25) is 0 Å². The third kappa shape index (κ3) is 6.05. The minimum absolute atomic E-state index is 0.289. The van der Waals surface area contributed by atoms with Crippen molar-refractivity contribution >= 4 is 11.4 Å². The van der Waals surface area contributed by atoms with Crippen molar-refractivity contribution in [2.24, 2.45) is 5.92 Å². The monoisotopic (exact) mass is 391 g/mol. The molecule has 1 aromatic carbocycles. The molecule has 0 radical (unpaired) electrons. The highest BCUT2D eigenvalue weighted by molar-refractivity contribution is 5.74. The summed E-state index contributed by atoms with van der Waals surface area (Å²) < 4.78 is 6.00. The van der Waals surface area contributed by atoms with Gasteiger partial charge in [0.25, 0.3) is 10.9 Å². The van der Waals surface area contributed by atoms with Crippen LogP contribution >= 0.6 is 0 Å². The fourth-order valence-electron chi connectivity index (χ4n) is 4.31. The van der Waals surface area contributed by atoms with Crippen molar-refractivity contribution in [1.82, 2.24) is 5.32 Å². The Morgan fingerprint density at radius 2 is 1.57 bits per heavy atom. The molecule has 28 heavy (non-hydrogen) atoms. The van der Waals surface area contributed by atoms with Crippen molar-refractivity contribution in [3.63, 3.8) is 0 Å². The lowest BCUT2D eigenvalue weighted by Gasteiger charge is -2.26. The van der Waals surface area contributed by atoms with Crippen molar-refractivity contribution in [2.75, 3.05) is 36.9 Å². The van der Waals surface area contributed by atoms with Crippen LogP contribution in [-0.4, -0.2) is 38.4 Å². The molecular weight excluding hydrogens is 354 g/mol. The van der Waals surface area contributed by atoms with Gasteiger partial charge in [-0.2, -0.15) is 0 Å². The van der Waals surface area contributed by atoms with Crippen LogP contribution in [0.1, 0.15) is 71.1 Å². The second-order valence-corrected chi connectivity index (χ2v) is 8.67. The fourth-order valence-corrected chi connectivity index (χ4v) is 4.31. The van der Waals surface area contributed by atoms with E-state index in [4.69, 9.17) is 4.74 Å². The Hall–Kier alpha value is -1.40. The van der Waals surface area contributed by atoms with Gasteiger partial charge in [-0.05, 0) is 70.4 Å². The minimum atomic E-state index is -0.369. The number of nitrogens with one attached hydrogen (secondary N) is 3. The van der Waals surface area contributed by atoms with E-state index in [2.05, 4.69) is 22.9 Å². The predicted octanol–water partition coefficient (Wildman–Crippen LogP) is 3.01. The zero-order valence-corrected chi connectivity index (χ0v) is 17.4. The topological polar surface area (TPSA) is 79.5 Å². The van der Waals surface area contributed by atoms with Crippen LogP contribution in [0.2, 0.25) is 0 Å². The third-order valence-electron chi connectivity index (χ3n) is 6.29. The van der Waals surface area contributed by atoms with Gasteiger partial charge < -0.3 is 20.7 Å². The second kappa shape index (κ2) is 11.0. The van der Waals surface area contributed by atoms with Crippen molar-refractivity contribution in [3.05, 3.63) is 20.4 Å². The summed E-state index contributed by atoms with van der Waals surface area (Å²) in [5.41, 5.74) is 0.271. The minimum Gasteiger partial charge on any atom is -0.380 e. The maximum Gasteiger partial charge on any atom is 0.253 e. The van der Waals surface area contributed by atoms with E-state index in [-0.39, 0.29) is 16.9 Å². The highest BCUT2D eigenvalue weighted by atomic mass is 16.5. The summed E-state index contributed by atoms with van der Waals surface area (Å²) in [6.45, 7) is 5.86. The van der Waals surface area contributed by atoms with Crippen LogP contribution in [0.25, 0.3) is 0 Å². The molecule has 1 saturated heterocycles. The summed E-state index contributed by atoms with van der Waals surface area (Å²) in [5.74, 6) is 0.871. The first-order chi connectivity index (χ1) is 13.6. The van der Waals surface area contributed by atoms with Crippen LogP contribution in [-0.2, 0) is 4.74 Å². The van der Waals surface area contributed by atoms with Crippen LogP contribution in [0, 0.1) is 5.92 Å². The number of anilines is 2. The van der Waals surface area contributed by atoms with Crippen LogP contribution in [0.4, 0.5) is 11.4 Å². The molecule has 0 unspecified atom stereocenters. The third-order valence-corrected chi connectivity index (χ3v) is 6.29. The number of hydrogen-bond acceptors (Lipinski definition) is 6. The van der Waals surface area contributed by atoms with Crippen molar-refractivity contribution < 1.29 is 4.74 Å². The maximum absolute atomic E-state index is 11.9. The van der Waals surface area contributed by atoms with Gasteiger partial charge in [-0.1, -0.05) is 19.8 Å². The number of piperidine rings is 1. The molecule has 1 aromatic rings. The second-order valence-electron chi connectivity index (χ2n) is 8.67. The molecule has 2 aliphatic rings. The number of ether oxygens (including phenoxy) is 1. The SMILES string of the molecule is CC1CCC(OCCCCCCNc2c(NC3CCNCC3)c(=O)c2=O)CC1. The van der Waals surface area contributed by atoms with Crippen LogP contribution in [0.5, 0.6) is 0 Å². The van der Waals surface area contributed by atoms with E-state index in [0.29, 0.717) is 17.5 Å². The molecule has 1 aliphatic heterocycles. The van der Waals surface area contributed by atoms with Gasteiger partial charge in [0.05, 0.1) is 6.10 Å². The van der Waals surface area contributed by atoms with Crippen LogP contribution in [0.15, 0.2) is 9.59 Å². The first-order valence-corrected chi connectivity index (χ1v) is 11.3. The lowest BCUT2D eigenvalue weighted by molar-refractivity contribution is 0.0179. The van der Waals surface area contributed by atoms with Gasteiger partial charge in [-0.3, -0.25) is 9.59 Å². The molecule has 1 aliphatic carbocycles. The van der Waals surface area contributed by atoms with Crippen LogP contribution < -0.4 is 26.8 Å². The molecule has 0 bridgehead atoms. The highest BCUT2D eigenvalue weighted by Crippen LogP contribution is 2.25. The van der Waals surface area contributed by atoms with Gasteiger partial charge in [-0.15, -0.1) is 0 Å². The largest absolute Gasteiger partial charge is 0.380 e. The average molecular weight is 392 g/mol. The molecule has 158 valence electrons. The first-order valence-electron chi connectivity index (χ1n) is 11.3. The predicted molar refractivity (Wildman–Crippen MR) is 115 cm³/mol. The quantitative estimate of drug-likeness (QED) is 0.397. The summed E-state index contributed by atoms with van der Waals surface area (Å²) in [6.07, 6.45) is 11.9. The van der Waals surface area contributed by atoms with E-state index < -0.39 is 0 Å². The number of hydrogen-bond donors (Lipinski definition) is 3. The lowest BCUT2D eigenvalue weighted by atomic mass is 9.89. The Morgan fingerprint density at radius 3 is 2.32 bits per heavy atom. The molecule has 0 atom stereocenters. The van der Waals surface area contributed by atoms with Crippen molar-refractivity contribution in [1.29, 1.82) is 0 Å². The van der Waals surface area contributed by atoms with E-state index >= 15 is 0 Å². The Kier molecular flexibility index (Phi) is 8.34. The zero-order chi connectivity index (χ0) is 19.8. The molecule has 1 heterocycles. The van der Waals surface area contributed by atoms with Crippen LogP contribution in [0.3, 0.4) is 0 Å². The Balaban J connectivity index is 1.25. The lowest BCUT2D eigenvalue weighted by Crippen LogP contribution is -2.42. The average Bonchev–Trinajstić information content (AvgIpc) is 2.73. The van der Waals surface area contributed by atoms with E-state index in [0.717, 1.165) is 70.7 Å². The summed E-state index contributed by atoms with van der Waals surface area (Å²) in [7, 11) is 0. The normalized spacial score (nSPS) is 23.8. The summed E-state index contributed by atoms with van der Waals surface area (Å²) >= 11 is 0. The fraction of sp³-hybridized carbons (Fsp3) is 0.818. The molecule has 0 amide bonds. The van der Waals surface area contributed by atoms with E-state index in [1.165, 1.54) is 25.7 Å². The molecule has 3 rings (SSSR count). The molecular formula is C22H37N3O3. The molecule has 0 spiro atoms. The summed E-state index contributed by atoms with van der Waals surface area (Å²) in [4.78, 5) is 23.7. The van der Waals surface area contributed by atoms with Crippen molar-refractivity contribution in [2.45, 2.75) is 83.3 Å². The molecule has 6 heteroatoms. The standard InChI is InChI=1S/C22H37N3O3/c1-16-6-8-18(9-7-16)28-15-5-3-2-4-12-24-19-20(22(27)21(19)26)25-17-10-13-23-14-11-17/h16-18,23-25H,2-15H2,1H3. The van der Waals surface area contributed by atoms with Gasteiger partial charge in [-0.25, -0.2) is 0 Å². The maximum atomic E-state index is 11.9. The van der Waals surface area contributed by atoms with Gasteiger partial charge in [0, 0.05) is 19.2 Å². The molecule has 0 aromatic heterocycles. The zero-order valence-electron chi connectivity index (χ0n) is 17.4. The van der Waals surface area contributed by atoms with E-state index in [1.807, 2.05) is 0 Å². The van der Waals surface area contributed by atoms with Gasteiger partial charge in [0.15, 0.2) is 0 Å². The van der Waals surface area contributed by atoms with Crippen molar-refractivity contribution in [3.8, 4) is 0 Å². The summed E-state index contributed by atoms with van der Waals surface area (Å²) in [6, 6.07) is 0.289. The molecule has 3 N–H and O–H groups in total. The molecule has 2 fully saturated rings. The van der Waals surface area contributed by atoms with Gasteiger partial charge >= 0.3 is 0 Å². The first kappa shape index (κ1) is 21.3. The van der Waals surface area contributed by atoms with Gasteiger partial charge in [0.1, 0.15) is 11.4 Å². The van der Waals surface area contributed by atoms with E-state index in [1.54, 1.807) is 0 Å². The number of rotatable bonds is 11. The summed E-state index contributed by atoms with van der Waals surface area (Å²) in [5, 5.41) is 9.77. The number of unbranched alkanes of at least 4 members (excludes halogenated alkanes) is 3. The highest BCUT2D eigenvalue weighted by Gasteiger charge is 2.23. The molecule has 1 saturated carbocycles. The Labute approximate surface area is 168 Å². The Morgan fingerprint density at radius 1 is 0.893 bits per heavy atom. The van der Waals surface area contributed by atoms with E-state index in [9.17, 15) is 9.59 Å².